The molecule has 0 unspecified atom stereocenters. The second-order valence-electron chi connectivity index (χ2n) is 8.67. The Hall–Kier alpha value is -4.26. The highest BCUT2D eigenvalue weighted by molar-refractivity contribution is 6.14. The molecular weight excluding hydrogens is 422 g/mol. The molecule has 0 atom stereocenters. The van der Waals surface area contributed by atoms with Gasteiger partial charge in [0.15, 0.2) is 5.76 Å². The van der Waals surface area contributed by atoms with Gasteiger partial charge in [-0.15, -0.1) is 0 Å². The van der Waals surface area contributed by atoms with E-state index in [2.05, 4.69) is 20.8 Å². The topological polar surface area (TPSA) is 95.7 Å². The highest BCUT2D eigenvalue weighted by Gasteiger charge is 2.28. The minimum absolute atomic E-state index is 0.0279. The number of Topliss-reactive ketones (excluding diaryl/α,β-unsaturated/α-hetero) is 1. The van der Waals surface area contributed by atoms with Gasteiger partial charge in [0.25, 0.3) is 5.69 Å². The van der Waals surface area contributed by atoms with E-state index in [4.69, 9.17) is 9.47 Å². The highest BCUT2D eigenvalue weighted by Crippen LogP contribution is 2.35. The lowest BCUT2D eigenvalue weighted by atomic mass is 9.86. The number of non-ortho nitro benzene ring substituents is 1. The number of benzene rings is 3. The maximum Gasteiger partial charge on any atom is 0.343 e. The van der Waals surface area contributed by atoms with E-state index in [-0.39, 0.29) is 39.7 Å². The summed E-state index contributed by atoms with van der Waals surface area (Å²) >= 11 is 0. The first-order valence-corrected chi connectivity index (χ1v) is 10.3. The quantitative estimate of drug-likeness (QED) is 0.168. The maximum atomic E-state index is 12.7. The molecule has 0 radical (unpaired) electrons. The number of carbonyl (C=O) groups is 2. The molecule has 1 aliphatic rings. The average Bonchev–Trinajstić information content (AvgIpc) is 3.08. The number of ketones is 1. The SMILES string of the molecule is CC(C)(C)c1ccc(C=C2Oc3cc(OC(=O)c4cccc([N+](=O)[O-])c4)ccc3C2=O)cc1. The molecule has 3 aromatic carbocycles. The first-order chi connectivity index (χ1) is 15.6. The van der Waals surface area contributed by atoms with Crippen LogP contribution in [0.25, 0.3) is 6.08 Å². The van der Waals surface area contributed by atoms with Gasteiger partial charge in [0.1, 0.15) is 11.5 Å². The van der Waals surface area contributed by atoms with Crippen molar-refractivity contribution in [2.24, 2.45) is 0 Å². The van der Waals surface area contributed by atoms with Gasteiger partial charge in [-0.25, -0.2) is 4.79 Å². The molecule has 0 saturated carbocycles. The Morgan fingerprint density at radius 3 is 2.42 bits per heavy atom. The van der Waals surface area contributed by atoms with Gasteiger partial charge in [-0.1, -0.05) is 51.1 Å². The standard InChI is InChI=1S/C26H21NO6/c1-26(2,3)18-9-7-16(8-10-18)13-23-24(28)21-12-11-20(15-22(21)33-23)32-25(29)17-5-4-6-19(14-17)27(30)31/h4-15H,1-3H3. The molecule has 0 saturated heterocycles. The fourth-order valence-electron chi connectivity index (χ4n) is 3.37. The summed E-state index contributed by atoms with van der Waals surface area (Å²) in [5.74, 6) is -0.398. The molecule has 1 aliphatic heterocycles. The number of ether oxygens (including phenoxy) is 2. The van der Waals surface area contributed by atoms with Gasteiger partial charge in [0.05, 0.1) is 16.1 Å². The van der Waals surface area contributed by atoms with Gasteiger partial charge in [-0.3, -0.25) is 14.9 Å². The van der Waals surface area contributed by atoms with Gasteiger partial charge >= 0.3 is 5.97 Å². The number of allylic oxidation sites excluding steroid dienone is 1. The predicted molar refractivity (Wildman–Crippen MR) is 123 cm³/mol. The zero-order valence-corrected chi connectivity index (χ0v) is 18.3. The number of carbonyl (C=O) groups excluding carboxylic acids is 2. The van der Waals surface area contributed by atoms with Crippen LogP contribution in [0.3, 0.4) is 0 Å². The predicted octanol–water partition coefficient (Wildman–Crippen LogP) is 5.73. The first kappa shape index (κ1) is 22.0. The van der Waals surface area contributed by atoms with E-state index < -0.39 is 10.9 Å². The van der Waals surface area contributed by atoms with Crippen molar-refractivity contribution < 1.29 is 24.0 Å². The fourth-order valence-corrected chi connectivity index (χ4v) is 3.37. The van der Waals surface area contributed by atoms with Gasteiger partial charge in [0.2, 0.25) is 5.78 Å². The van der Waals surface area contributed by atoms with Crippen LogP contribution < -0.4 is 9.47 Å². The van der Waals surface area contributed by atoms with E-state index in [9.17, 15) is 19.7 Å². The van der Waals surface area contributed by atoms with E-state index in [1.807, 2.05) is 24.3 Å². The van der Waals surface area contributed by atoms with Crippen LogP contribution in [-0.4, -0.2) is 16.7 Å². The zero-order chi connectivity index (χ0) is 23.8. The smallest absolute Gasteiger partial charge is 0.343 e. The van der Waals surface area contributed by atoms with Gasteiger partial charge in [-0.2, -0.15) is 0 Å². The Bertz CT molecular complexity index is 1300. The van der Waals surface area contributed by atoms with Crippen LogP contribution >= 0.6 is 0 Å². The van der Waals surface area contributed by atoms with Gasteiger partial charge < -0.3 is 9.47 Å². The molecule has 33 heavy (non-hydrogen) atoms. The molecule has 4 rings (SSSR count). The van der Waals surface area contributed by atoms with Crippen molar-refractivity contribution in [2.45, 2.75) is 26.2 Å². The Labute approximate surface area is 190 Å². The van der Waals surface area contributed by atoms with Crippen molar-refractivity contribution in [3.05, 3.63) is 105 Å². The minimum atomic E-state index is -0.752. The molecule has 0 bridgehead atoms. The molecule has 0 aromatic heterocycles. The lowest BCUT2D eigenvalue weighted by Crippen LogP contribution is -2.10. The lowest BCUT2D eigenvalue weighted by Gasteiger charge is -2.18. The number of nitrogens with zero attached hydrogens (tertiary/aromatic N) is 1. The molecule has 0 fully saturated rings. The maximum absolute atomic E-state index is 12.7. The van der Waals surface area contributed by atoms with Crippen LogP contribution in [0.2, 0.25) is 0 Å². The van der Waals surface area contributed by atoms with Crippen molar-refractivity contribution in [1.29, 1.82) is 0 Å². The molecule has 0 N–H and O–H groups in total. The Morgan fingerprint density at radius 2 is 1.76 bits per heavy atom. The van der Waals surface area contributed by atoms with Crippen molar-refractivity contribution in [3.8, 4) is 11.5 Å². The third kappa shape index (κ3) is 4.67. The van der Waals surface area contributed by atoms with Crippen molar-refractivity contribution in [2.75, 3.05) is 0 Å². The van der Waals surface area contributed by atoms with Crippen LogP contribution in [0.1, 0.15) is 52.6 Å². The molecule has 7 nitrogen and oxygen atoms in total. The van der Waals surface area contributed by atoms with E-state index in [0.29, 0.717) is 5.56 Å². The summed E-state index contributed by atoms with van der Waals surface area (Å²) in [6.45, 7) is 6.39. The number of nitro benzene ring substituents is 1. The number of fused-ring (bicyclic) bond motifs is 1. The normalized spacial score (nSPS) is 14.0. The summed E-state index contributed by atoms with van der Waals surface area (Å²) in [5.41, 5.74) is 2.24. The number of esters is 1. The Morgan fingerprint density at radius 1 is 1.03 bits per heavy atom. The molecule has 0 aliphatic carbocycles. The van der Waals surface area contributed by atoms with Gasteiger partial charge in [0, 0.05) is 18.2 Å². The van der Waals surface area contributed by atoms with Crippen LogP contribution in [0.5, 0.6) is 11.5 Å². The Balaban J connectivity index is 1.52. The van der Waals surface area contributed by atoms with Crippen LogP contribution in [-0.2, 0) is 5.41 Å². The second kappa shape index (κ2) is 8.35. The molecule has 1 heterocycles. The minimum Gasteiger partial charge on any atom is -0.452 e. The Kier molecular flexibility index (Phi) is 5.55. The number of rotatable bonds is 4. The molecule has 7 heteroatoms. The summed E-state index contributed by atoms with van der Waals surface area (Å²) in [7, 11) is 0. The zero-order valence-electron chi connectivity index (χ0n) is 18.3. The second-order valence-corrected chi connectivity index (χ2v) is 8.67. The molecular formula is C26H21NO6. The van der Waals surface area contributed by atoms with Crippen molar-refractivity contribution >= 4 is 23.5 Å². The number of hydrogen-bond donors (Lipinski definition) is 0. The molecule has 166 valence electrons. The number of nitro groups is 1. The van der Waals surface area contributed by atoms with Crippen LogP contribution in [0.15, 0.2) is 72.5 Å². The van der Waals surface area contributed by atoms with Crippen LogP contribution in [0, 0.1) is 10.1 Å². The van der Waals surface area contributed by atoms with E-state index in [1.165, 1.54) is 42.0 Å². The highest BCUT2D eigenvalue weighted by atomic mass is 16.6. The third-order valence-electron chi connectivity index (χ3n) is 5.22. The molecule has 3 aromatic rings. The van der Waals surface area contributed by atoms with Crippen molar-refractivity contribution in [3.63, 3.8) is 0 Å². The summed E-state index contributed by atoms with van der Waals surface area (Å²) in [6.07, 6.45) is 1.67. The van der Waals surface area contributed by atoms with E-state index in [1.54, 1.807) is 6.08 Å². The summed E-state index contributed by atoms with van der Waals surface area (Å²) in [6, 6.07) is 17.6. The first-order valence-electron chi connectivity index (χ1n) is 10.3. The van der Waals surface area contributed by atoms with Gasteiger partial charge in [-0.05, 0) is 40.8 Å². The average molecular weight is 443 g/mol. The van der Waals surface area contributed by atoms with E-state index >= 15 is 0 Å². The largest absolute Gasteiger partial charge is 0.452 e. The fraction of sp³-hybridized carbons (Fsp3) is 0.154. The summed E-state index contributed by atoms with van der Waals surface area (Å²) < 4.78 is 11.1. The third-order valence-corrected chi connectivity index (χ3v) is 5.22. The summed E-state index contributed by atoms with van der Waals surface area (Å²) in [5, 5.41) is 10.9. The monoisotopic (exact) mass is 443 g/mol. The van der Waals surface area contributed by atoms with Crippen molar-refractivity contribution in [1.82, 2.24) is 0 Å². The van der Waals surface area contributed by atoms with Crippen LogP contribution in [0.4, 0.5) is 5.69 Å². The molecule has 0 amide bonds. The summed E-state index contributed by atoms with van der Waals surface area (Å²) in [4.78, 5) is 35.4. The molecule has 0 spiro atoms. The lowest BCUT2D eigenvalue weighted by molar-refractivity contribution is -0.384. The van der Waals surface area contributed by atoms with E-state index in [0.717, 1.165) is 11.6 Å². The number of hydrogen-bond acceptors (Lipinski definition) is 6.